The standard InChI is InChI=1S/C28H21N5O2/c1-29-22-7-8-24(26(13-22)27-31-30-16-32(27)2)21-10-20(18-5-6-18)11-23(12-21)33-14-19-4-3-17(15-34)9-25(19)28(33)35/h3-4,7-13,15-16,18H,5-6,14H2,2H3. The number of hydrogen-bond donors (Lipinski definition) is 0. The van der Waals surface area contributed by atoms with E-state index in [1.807, 2.05) is 41.9 Å². The van der Waals surface area contributed by atoms with Gasteiger partial charge in [0, 0.05) is 29.4 Å². The first-order valence-electron chi connectivity index (χ1n) is 11.5. The Morgan fingerprint density at radius 1 is 1.03 bits per heavy atom. The molecule has 1 aromatic heterocycles. The number of fused-ring (bicyclic) bond motifs is 1. The molecule has 2 aliphatic rings. The molecule has 0 saturated heterocycles. The van der Waals surface area contributed by atoms with Gasteiger partial charge in [0.2, 0.25) is 0 Å². The van der Waals surface area contributed by atoms with E-state index in [9.17, 15) is 9.59 Å². The quantitative estimate of drug-likeness (QED) is 0.290. The molecule has 1 aliphatic carbocycles. The molecule has 35 heavy (non-hydrogen) atoms. The van der Waals surface area contributed by atoms with Gasteiger partial charge in [-0.2, -0.15) is 0 Å². The lowest BCUT2D eigenvalue weighted by atomic mass is 9.95. The van der Waals surface area contributed by atoms with Crippen molar-refractivity contribution in [2.75, 3.05) is 4.90 Å². The summed E-state index contributed by atoms with van der Waals surface area (Å²) in [6.45, 7) is 7.94. The van der Waals surface area contributed by atoms with Crippen LogP contribution in [0, 0.1) is 6.57 Å². The predicted molar refractivity (Wildman–Crippen MR) is 132 cm³/mol. The SMILES string of the molecule is [C-]#[N+]c1ccc(-c2cc(C3CC3)cc(N3Cc4ccc(C=O)cc4C3=O)c2)c(-c2nncn2C)c1. The first-order chi connectivity index (χ1) is 17.1. The minimum Gasteiger partial charge on any atom is -0.317 e. The van der Waals surface area contributed by atoms with Crippen LogP contribution in [0.1, 0.15) is 50.6 Å². The summed E-state index contributed by atoms with van der Waals surface area (Å²) in [4.78, 5) is 30.0. The molecule has 0 bridgehead atoms. The molecule has 0 radical (unpaired) electrons. The van der Waals surface area contributed by atoms with E-state index in [4.69, 9.17) is 6.57 Å². The highest BCUT2D eigenvalue weighted by Gasteiger charge is 2.31. The Labute approximate surface area is 202 Å². The van der Waals surface area contributed by atoms with Gasteiger partial charge in [0.25, 0.3) is 5.91 Å². The number of rotatable bonds is 5. The summed E-state index contributed by atoms with van der Waals surface area (Å²) in [6.07, 6.45) is 4.67. The first-order valence-corrected chi connectivity index (χ1v) is 11.5. The van der Waals surface area contributed by atoms with Crippen LogP contribution in [0.4, 0.5) is 11.4 Å². The number of aromatic nitrogens is 3. The first kappa shape index (κ1) is 21.0. The summed E-state index contributed by atoms with van der Waals surface area (Å²) < 4.78 is 1.84. The molecule has 7 nitrogen and oxygen atoms in total. The highest BCUT2D eigenvalue weighted by atomic mass is 16.2. The van der Waals surface area contributed by atoms with Gasteiger partial charge in [-0.3, -0.25) is 9.59 Å². The third-order valence-corrected chi connectivity index (χ3v) is 6.77. The van der Waals surface area contributed by atoms with E-state index in [2.05, 4.69) is 27.2 Å². The summed E-state index contributed by atoms with van der Waals surface area (Å²) in [6, 6.07) is 17.2. The number of benzene rings is 3. The van der Waals surface area contributed by atoms with Gasteiger partial charge in [0.05, 0.1) is 13.1 Å². The average molecular weight is 460 g/mol. The van der Waals surface area contributed by atoms with Crippen molar-refractivity contribution < 1.29 is 9.59 Å². The predicted octanol–water partition coefficient (Wildman–Crippen LogP) is 5.55. The van der Waals surface area contributed by atoms with Crippen LogP contribution in [-0.2, 0) is 13.6 Å². The van der Waals surface area contributed by atoms with E-state index in [1.165, 1.54) is 5.56 Å². The van der Waals surface area contributed by atoms with E-state index in [0.717, 1.165) is 47.1 Å². The Hall–Kier alpha value is -4.57. The Morgan fingerprint density at radius 2 is 1.89 bits per heavy atom. The van der Waals surface area contributed by atoms with E-state index >= 15 is 0 Å². The van der Waals surface area contributed by atoms with Gasteiger partial charge < -0.3 is 9.47 Å². The molecule has 4 aromatic rings. The van der Waals surface area contributed by atoms with Gasteiger partial charge in [0.1, 0.15) is 12.6 Å². The molecule has 1 aliphatic heterocycles. The third-order valence-electron chi connectivity index (χ3n) is 6.77. The van der Waals surface area contributed by atoms with Gasteiger partial charge in [-0.25, -0.2) is 4.85 Å². The van der Waals surface area contributed by atoms with Crippen molar-refractivity contribution in [2.45, 2.75) is 25.3 Å². The monoisotopic (exact) mass is 459 g/mol. The van der Waals surface area contributed by atoms with E-state index in [-0.39, 0.29) is 5.91 Å². The van der Waals surface area contributed by atoms with Crippen LogP contribution in [0.5, 0.6) is 0 Å². The topological polar surface area (TPSA) is 72.5 Å². The summed E-state index contributed by atoms with van der Waals surface area (Å²) in [7, 11) is 1.88. The number of hydrogen-bond acceptors (Lipinski definition) is 4. The van der Waals surface area contributed by atoms with Crippen LogP contribution in [0.2, 0.25) is 0 Å². The zero-order valence-corrected chi connectivity index (χ0v) is 19.1. The number of aldehydes is 1. The fourth-order valence-corrected chi connectivity index (χ4v) is 4.76. The minimum atomic E-state index is -0.0977. The lowest BCUT2D eigenvalue weighted by molar-refractivity contribution is 0.0996. The molecule has 3 aromatic carbocycles. The lowest BCUT2D eigenvalue weighted by Gasteiger charge is -2.20. The van der Waals surface area contributed by atoms with Crippen LogP contribution in [0.25, 0.3) is 27.4 Å². The molecule has 0 spiro atoms. The second kappa shape index (κ2) is 8.03. The number of carbonyl (C=O) groups excluding carboxylic acids is 2. The fourth-order valence-electron chi connectivity index (χ4n) is 4.76. The van der Waals surface area contributed by atoms with Crippen molar-refractivity contribution in [3.8, 4) is 22.5 Å². The van der Waals surface area contributed by atoms with Crippen molar-refractivity contribution in [2.24, 2.45) is 7.05 Å². The molecule has 1 amide bonds. The Kier molecular flexibility index (Phi) is 4.82. The second-order valence-electron chi connectivity index (χ2n) is 9.12. The van der Waals surface area contributed by atoms with E-state index < -0.39 is 0 Å². The van der Waals surface area contributed by atoms with Crippen molar-refractivity contribution >= 4 is 23.6 Å². The van der Waals surface area contributed by atoms with Crippen LogP contribution in [-0.4, -0.2) is 27.0 Å². The highest BCUT2D eigenvalue weighted by Crippen LogP contribution is 2.45. The second-order valence-corrected chi connectivity index (χ2v) is 9.12. The van der Waals surface area contributed by atoms with Gasteiger partial charge >= 0.3 is 0 Å². The van der Waals surface area contributed by atoms with E-state index in [1.54, 1.807) is 23.4 Å². The number of nitrogens with zero attached hydrogens (tertiary/aromatic N) is 5. The Balaban J connectivity index is 1.49. The molecule has 0 unspecified atom stereocenters. The summed E-state index contributed by atoms with van der Waals surface area (Å²) >= 11 is 0. The van der Waals surface area contributed by atoms with Crippen molar-refractivity contribution in [1.82, 2.24) is 14.8 Å². The highest BCUT2D eigenvalue weighted by molar-refractivity contribution is 6.11. The number of carbonyl (C=O) groups is 2. The summed E-state index contributed by atoms with van der Waals surface area (Å²) in [5, 5.41) is 8.32. The Morgan fingerprint density at radius 3 is 2.60 bits per heavy atom. The fraction of sp³-hybridized carbons (Fsp3) is 0.179. The third kappa shape index (κ3) is 3.60. The average Bonchev–Trinajstić information content (AvgIpc) is 3.58. The zero-order chi connectivity index (χ0) is 24.1. The van der Waals surface area contributed by atoms with Crippen LogP contribution in [0.3, 0.4) is 0 Å². The molecule has 6 rings (SSSR count). The molecule has 2 heterocycles. The van der Waals surface area contributed by atoms with Crippen molar-refractivity contribution in [3.05, 3.63) is 94.6 Å². The molecule has 1 fully saturated rings. The van der Waals surface area contributed by atoms with Gasteiger partial charge in [-0.1, -0.05) is 30.3 Å². The lowest BCUT2D eigenvalue weighted by Crippen LogP contribution is -2.23. The van der Waals surface area contributed by atoms with Crippen LogP contribution >= 0.6 is 0 Å². The molecule has 170 valence electrons. The maximum absolute atomic E-state index is 13.3. The largest absolute Gasteiger partial charge is 0.317 e. The number of amides is 1. The van der Waals surface area contributed by atoms with Gasteiger partial charge in [-0.05, 0) is 65.3 Å². The maximum Gasteiger partial charge on any atom is 0.258 e. The number of anilines is 1. The zero-order valence-electron chi connectivity index (χ0n) is 19.1. The van der Waals surface area contributed by atoms with E-state index in [0.29, 0.717) is 35.1 Å². The van der Waals surface area contributed by atoms with Crippen molar-refractivity contribution in [3.63, 3.8) is 0 Å². The minimum absolute atomic E-state index is 0.0977. The molecule has 0 atom stereocenters. The normalized spacial score (nSPS) is 14.6. The molecule has 0 N–H and O–H groups in total. The molecule has 1 saturated carbocycles. The summed E-state index contributed by atoms with van der Waals surface area (Å²) in [5.74, 6) is 1.06. The van der Waals surface area contributed by atoms with Crippen LogP contribution in [0.15, 0.2) is 60.9 Å². The van der Waals surface area contributed by atoms with Crippen molar-refractivity contribution in [1.29, 1.82) is 0 Å². The Bertz CT molecular complexity index is 1560. The molecule has 7 heteroatoms. The van der Waals surface area contributed by atoms with Gasteiger partial charge in [0.15, 0.2) is 11.5 Å². The molecular formula is C28H21N5O2. The van der Waals surface area contributed by atoms with Crippen LogP contribution < -0.4 is 4.90 Å². The smallest absolute Gasteiger partial charge is 0.258 e. The summed E-state index contributed by atoms with van der Waals surface area (Å²) in [5.41, 5.74) is 7.28. The van der Waals surface area contributed by atoms with Gasteiger partial charge in [-0.15, -0.1) is 10.2 Å². The maximum atomic E-state index is 13.3. The number of aryl methyl sites for hydroxylation is 1. The molecular weight excluding hydrogens is 438 g/mol.